The van der Waals surface area contributed by atoms with Gasteiger partial charge in [0.15, 0.2) is 17.6 Å². The molecule has 2 aromatic rings. The summed E-state index contributed by atoms with van der Waals surface area (Å²) in [5.74, 6) is 0.0445. The molecular formula is C24H31NO10. The Labute approximate surface area is 202 Å². The van der Waals surface area contributed by atoms with E-state index in [0.717, 1.165) is 12.0 Å². The number of aliphatic hydroxyl groups excluding tert-OH is 4. The van der Waals surface area contributed by atoms with Crippen molar-refractivity contribution in [3.63, 3.8) is 0 Å². The van der Waals surface area contributed by atoms with Crippen molar-refractivity contribution >= 4 is 5.97 Å². The maximum Gasteiger partial charge on any atom is 0.335 e. The third-order valence-electron chi connectivity index (χ3n) is 5.71. The zero-order valence-electron chi connectivity index (χ0n) is 19.4. The summed E-state index contributed by atoms with van der Waals surface area (Å²) >= 11 is 0. The van der Waals surface area contributed by atoms with E-state index in [4.69, 9.17) is 24.1 Å². The van der Waals surface area contributed by atoms with Gasteiger partial charge in [-0.3, -0.25) is 0 Å². The van der Waals surface area contributed by atoms with Crippen LogP contribution in [0.2, 0.25) is 0 Å². The van der Waals surface area contributed by atoms with Gasteiger partial charge < -0.3 is 49.8 Å². The number of aliphatic carboxylic acids is 1. The number of hydrogen-bond acceptors (Lipinski definition) is 10. The van der Waals surface area contributed by atoms with E-state index in [9.17, 15) is 25.2 Å². The van der Waals surface area contributed by atoms with Crippen molar-refractivity contribution in [1.82, 2.24) is 5.32 Å². The van der Waals surface area contributed by atoms with Crippen molar-refractivity contribution in [2.45, 2.75) is 43.2 Å². The first kappa shape index (κ1) is 26.7. The standard InChI is InChI=1S/C24H31NO10/c1-32-17-8-3-13(11-18(17)33-2)9-10-25-12-16(26)14-4-6-15(7-5-14)34-24-21(29)19(27)20(28)22(35-24)23(30)31/h3-8,11,16,19-22,24-29H,9-10,12H2,1-2H3,(H,30,31)/t16?,19-,20-,21+,22-,24+/m0/s1. The van der Waals surface area contributed by atoms with Crippen LogP contribution in [0.3, 0.4) is 0 Å². The van der Waals surface area contributed by atoms with Crippen LogP contribution in [-0.4, -0.2) is 89.5 Å². The largest absolute Gasteiger partial charge is 0.493 e. The number of hydrogen-bond donors (Lipinski definition) is 6. The zero-order chi connectivity index (χ0) is 25.5. The van der Waals surface area contributed by atoms with Crippen molar-refractivity contribution in [1.29, 1.82) is 0 Å². The predicted molar refractivity (Wildman–Crippen MR) is 122 cm³/mol. The van der Waals surface area contributed by atoms with Gasteiger partial charge in [0, 0.05) is 6.54 Å². The van der Waals surface area contributed by atoms with Gasteiger partial charge in [-0.25, -0.2) is 4.79 Å². The average Bonchev–Trinajstić information content (AvgIpc) is 2.86. The van der Waals surface area contributed by atoms with Crippen LogP contribution in [0.4, 0.5) is 0 Å². The summed E-state index contributed by atoms with van der Waals surface area (Å²) in [6, 6.07) is 12.0. The van der Waals surface area contributed by atoms with Crippen LogP contribution in [0.5, 0.6) is 17.2 Å². The summed E-state index contributed by atoms with van der Waals surface area (Å²) in [5, 5.41) is 52.4. The molecule has 0 saturated carbocycles. The van der Waals surface area contributed by atoms with Crippen LogP contribution in [0.25, 0.3) is 0 Å². The van der Waals surface area contributed by atoms with Gasteiger partial charge in [-0.2, -0.15) is 0 Å². The Balaban J connectivity index is 1.49. The van der Waals surface area contributed by atoms with Crippen molar-refractivity contribution in [3.05, 3.63) is 53.6 Å². The number of nitrogens with one attached hydrogen (secondary N) is 1. The van der Waals surface area contributed by atoms with Crippen LogP contribution < -0.4 is 19.5 Å². The Morgan fingerprint density at radius 1 is 1.00 bits per heavy atom. The molecule has 1 fully saturated rings. The lowest BCUT2D eigenvalue weighted by Gasteiger charge is -2.38. The predicted octanol–water partition coefficient (Wildman–Crippen LogP) is -0.159. The van der Waals surface area contributed by atoms with Gasteiger partial charge in [0.1, 0.15) is 24.1 Å². The van der Waals surface area contributed by atoms with Crippen molar-refractivity contribution < 1.29 is 49.3 Å². The molecule has 11 nitrogen and oxygen atoms in total. The SMILES string of the molecule is COc1ccc(CCNCC(O)c2ccc(O[C@@H]3O[C@H](C(=O)O)[C@@H](O)[C@H](O)[C@H]3O)cc2)cc1OC. The summed E-state index contributed by atoms with van der Waals surface area (Å²) < 4.78 is 21.1. The maximum absolute atomic E-state index is 11.2. The highest BCUT2D eigenvalue weighted by Crippen LogP contribution is 2.28. The second-order valence-corrected chi connectivity index (χ2v) is 8.08. The molecule has 3 rings (SSSR count). The molecule has 1 saturated heterocycles. The molecule has 35 heavy (non-hydrogen) atoms. The minimum atomic E-state index is -1.79. The number of rotatable bonds is 11. The van der Waals surface area contributed by atoms with Gasteiger partial charge in [-0.15, -0.1) is 0 Å². The Bertz CT molecular complexity index is 969. The summed E-state index contributed by atoms with van der Waals surface area (Å²) in [7, 11) is 3.16. The topological polar surface area (TPSA) is 167 Å². The molecular weight excluding hydrogens is 462 g/mol. The van der Waals surface area contributed by atoms with E-state index in [1.165, 1.54) is 12.1 Å². The Morgan fingerprint density at radius 3 is 2.31 bits per heavy atom. The van der Waals surface area contributed by atoms with Gasteiger partial charge in [0.05, 0.1) is 20.3 Å². The van der Waals surface area contributed by atoms with E-state index < -0.39 is 42.8 Å². The van der Waals surface area contributed by atoms with Crippen LogP contribution in [0.1, 0.15) is 17.2 Å². The minimum absolute atomic E-state index is 0.221. The molecule has 1 heterocycles. The molecule has 0 aromatic heterocycles. The molecule has 6 atom stereocenters. The first-order valence-corrected chi connectivity index (χ1v) is 11.0. The van der Waals surface area contributed by atoms with Crippen molar-refractivity contribution in [3.8, 4) is 17.2 Å². The van der Waals surface area contributed by atoms with E-state index in [2.05, 4.69) is 5.32 Å². The first-order valence-electron chi connectivity index (χ1n) is 11.0. The van der Waals surface area contributed by atoms with Gasteiger partial charge in [-0.05, 0) is 48.4 Å². The van der Waals surface area contributed by atoms with Gasteiger partial charge in [-0.1, -0.05) is 18.2 Å². The van der Waals surface area contributed by atoms with Gasteiger partial charge in [0.2, 0.25) is 6.29 Å². The first-order chi connectivity index (χ1) is 16.7. The fraction of sp³-hybridized carbons (Fsp3) is 0.458. The Hall–Kier alpha value is -2.93. The third kappa shape index (κ3) is 6.60. The zero-order valence-corrected chi connectivity index (χ0v) is 19.4. The average molecular weight is 494 g/mol. The summed E-state index contributed by atoms with van der Waals surface area (Å²) in [6.07, 6.45) is -8.50. The number of ether oxygens (including phenoxy) is 4. The van der Waals surface area contributed by atoms with Crippen LogP contribution >= 0.6 is 0 Å². The normalized spacial score (nSPS) is 25.0. The quantitative estimate of drug-likeness (QED) is 0.230. The highest BCUT2D eigenvalue weighted by molar-refractivity contribution is 5.73. The van der Waals surface area contributed by atoms with E-state index >= 15 is 0 Å². The maximum atomic E-state index is 11.2. The molecule has 1 aliphatic rings. The van der Waals surface area contributed by atoms with E-state index in [1.807, 2.05) is 18.2 Å². The number of aliphatic hydroxyl groups is 4. The van der Waals surface area contributed by atoms with Crippen LogP contribution in [0.15, 0.2) is 42.5 Å². The number of carbonyl (C=O) groups is 1. The second kappa shape index (κ2) is 12.2. The van der Waals surface area contributed by atoms with Gasteiger partial charge in [0.25, 0.3) is 0 Å². The Kier molecular flexibility index (Phi) is 9.26. The summed E-state index contributed by atoms with van der Waals surface area (Å²) in [5.41, 5.74) is 1.67. The number of benzene rings is 2. The van der Waals surface area contributed by atoms with E-state index in [0.29, 0.717) is 30.2 Å². The Morgan fingerprint density at radius 2 is 1.69 bits per heavy atom. The molecule has 0 amide bonds. The molecule has 0 radical (unpaired) electrons. The second-order valence-electron chi connectivity index (χ2n) is 8.08. The minimum Gasteiger partial charge on any atom is -0.493 e. The molecule has 1 aliphatic heterocycles. The number of carboxylic acid groups (broad SMARTS) is 1. The van der Waals surface area contributed by atoms with Crippen molar-refractivity contribution in [2.75, 3.05) is 27.3 Å². The lowest BCUT2D eigenvalue weighted by Crippen LogP contribution is -2.61. The van der Waals surface area contributed by atoms with Gasteiger partial charge >= 0.3 is 5.97 Å². The lowest BCUT2D eigenvalue weighted by molar-refractivity contribution is -0.271. The molecule has 1 unspecified atom stereocenters. The summed E-state index contributed by atoms with van der Waals surface area (Å²) in [4.78, 5) is 11.2. The number of carboxylic acids is 1. The summed E-state index contributed by atoms with van der Waals surface area (Å²) in [6.45, 7) is 0.936. The van der Waals surface area contributed by atoms with E-state index in [-0.39, 0.29) is 5.75 Å². The molecule has 0 aliphatic carbocycles. The highest BCUT2D eigenvalue weighted by Gasteiger charge is 2.48. The van der Waals surface area contributed by atoms with Crippen molar-refractivity contribution in [2.24, 2.45) is 0 Å². The molecule has 6 N–H and O–H groups in total. The number of methoxy groups -OCH3 is 2. The fourth-order valence-electron chi connectivity index (χ4n) is 3.68. The smallest absolute Gasteiger partial charge is 0.335 e. The molecule has 192 valence electrons. The molecule has 2 aromatic carbocycles. The fourth-order valence-corrected chi connectivity index (χ4v) is 3.68. The lowest BCUT2D eigenvalue weighted by atomic mass is 9.99. The molecule has 0 bridgehead atoms. The molecule has 0 spiro atoms. The molecule has 11 heteroatoms. The van der Waals surface area contributed by atoms with Crippen LogP contribution in [0, 0.1) is 0 Å². The highest BCUT2D eigenvalue weighted by atomic mass is 16.7. The van der Waals surface area contributed by atoms with E-state index in [1.54, 1.807) is 26.4 Å². The van der Waals surface area contributed by atoms with Crippen LogP contribution in [-0.2, 0) is 16.0 Å². The monoisotopic (exact) mass is 493 g/mol. The third-order valence-corrected chi connectivity index (χ3v) is 5.71.